The molecule has 0 radical (unpaired) electrons. The van der Waals surface area contributed by atoms with Gasteiger partial charge in [0.05, 0.1) is 4.70 Å². The van der Waals surface area contributed by atoms with Crippen molar-refractivity contribution in [3.05, 3.63) is 24.3 Å². The van der Waals surface area contributed by atoms with Gasteiger partial charge < -0.3 is 10.2 Å². The van der Waals surface area contributed by atoms with E-state index in [0.717, 1.165) is 57.9 Å². The number of aromatic nitrogens is 1. The Morgan fingerprint density at radius 3 is 2.78 bits per heavy atom. The van der Waals surface area contributed by atoms with Crippen molar-refractivity contribution < 1.29 is 4.79 Å². The van der Waals surface area contributed by atoms with Gasteiger partial charge in [0.1, 0.15) is 5.82 Å². The predicted octanol–water partition coefficient (Wildman–Crippen LogP) is 2.33. The van der Waals surface area contributed by atoms with Gasteiger partial charge >= 0.3 is 0 Å². The standard InChI is InChI=1S/C17H24N4OS/c1-14(22)18-8-4-5-9-20-10-12-21(13-11-20)17-15-6-2-3-7-16(15)23-19-17/h2-3,6-7H,4-5,8-13H2,1H3,(H,18,22). The molecule has 6 heteroatoms. The number of unbranched alkanes of at least 4 members (excludes halogenated alkanes) is 1. The van der Waals surface area contributed by atoms with Crippen molar-refractivity contribution in [2.75, 3.05) is 44.2 Å². The van der Waals surface area contributed by atoms with Gasteiger partial charge in [-0.3, -0.25) is 9.69 Å². The lowest BCUT2D eigenvalue weighted by atomic mass is 10.2. The summed E-state index contributed by atoms with van der Waals surface area (Å²) in [5, 5.41) is 4.13. The Bertz CT molecular complexity index is 649. The van der Waals surface area contributed by atoms with E-state index in [9.17, 15) is 4.79 Å². The average Bonchev–Trinajstić information content (AvgIpc) is 2.99. The van der Waals surface area contributed by atoms with Crippen molar-refractivity contribution in [3.63, 3.8) is 0 Å². The molecule has 0 unspecified atom stereocenters. The van der Waals surface area contributed by atoms with Crippen molar-refractivity contribution in [2.45, 2.75) is 19.8 Å². The SMILES string of the molecule is CC(=O)NCCCCN1CCN(c2nsc3ccccc23)CC1. The second kappa shape index (κ2) is 7.75. The van der Waals surface area contributed by atoms with Gasteiger partial charge in [-0.25, -0.2) is 0 Å². The molecule has 1 aromatic heterocycles. The molecule has 0 spiro atoms. The summed E-state index contributed by atoms with van der Waals surface area (Å²) in [5.41, 5.74) is 0. The normalized spacial score (nSPS) is 16.0. The number of nitrogens with zero attached hydrogens (tertiary/aromatic N) is 3. The van der Waals surface area contributed by atoms with E-state index >= 15 is 0 Å². The van der Waals surface area contributed by atoms with Gasteiger partial charge in [-0.1, -0.05) is 12.1 Å². The predicted molar refractivity (Wildman–Crippen MR) is 96.2 cm³/mol. The van der Waals surface area contributed by atoms with Crippen LogP contribution in [-0.2, 0) is 4.79 Å². The molecule has 0 atom stereocenters. The van der Waals surface area contributed by atoms with Crippen molar-refractivity contribution in [1.29, 1.82) is 0 Å². The van der Waals surface area contributed by atoms with Gasteiger partial charge in [-0.15, -0.1) is 0 Å². The molecule has 3 rings (SSSR count). The molecular formula is C17H24N4OS. The first kappa shape index (κ1) is 16.2. The Hall–Kier alpha value is -1.66. The summed E-state index contributed by atoms with van der Waals surface area (Å²) >= 11 is 1.59. The van der Waals surface area contributed by atoms with Crippen molar-refractivity contribution >= 4 is 33.3 Å². The lowest BCUT2D eigenvalue weighted by molar-refractivity contribution is -0.118. The first-order valence-electron chi connectivity index (χ1n) is 8.30. The Balaban J connectivity index is 1.44. The Kier molecular flexibility index (Phi) is 5.46. The Morgan fingerprint density at radius 1 is 1.22 bits per heavy atom. The van der Waals surface area contributed by atoms with Crippen LogP contribution in [0.3, 0.4) is 0 Å². The quantitative estimate of drug-likeness (QED) is 0.825. The highest BCUT2D eigenvalue weighted by atomic mass is 32.1. The number of anilines is 1. The van der Waals surface area contributed by atoms with Crippen LogP contribution in [0.25, 0.3) is 10.1 Å². The minimum atomic E-state index is 0.0640. The second-order valence-electron chi connectivity index (χ2n) is 6.02. The van der Waals surface area contributed by atoms with Crippen LogP contribution < -0.4 is 10.2 Å². The maximum Gasteiger partial charge on any atom is 0.216 e. The smallest absolute Gasteiger partial charge is 0.216 e. The fourth-order valence-electron chi connectivity index (χ4n) is 3.01. The molecule has 124 valence electrons. The van der Waals surface area contributed by atoms with E-state index < -0.39 is 0 Å². The zero-order chi connectivity index (χ0) is 16.1. The molecule has 0 saturated carbocycles. The van der Waals surface area contributed by atoms with Crippen LogP contribution in [0.2, 0.25) is 0 Å². The van der Waals surface area contributed by atoms with Gasteiger partial charge in [0, 0.05) is 45.0 Å². The topological polar surface area (TPSA) is 48.5 Å². The van der Waals surface area contributed by atoms with Crippen molar-refractivity contribution in [2.24, 2.45) is 0 Å². The largest absolute Gasteiger partial charge is 0.356 e. The Morgan fingerprint density at radius 2 is 2.00 bits per heavy atom. The molecule has 1 amide bonds. The summed E-state index contributed by atoms with van der Waals surface area (Å²) in [4.78, 5) is 15.7. The van der Waals surface area contributed by atoms with Crippen LogP contribution in [0.15, 0.2) is 24.3 Å². The number of amides is 1. The molecule has 1 aliphatic rings. The number of benzene rings is 1. The number of piperazine rings is 1. The summed E-state index contributed by atoms with van der Waals surface area (Å²) in [6.07, 6.45) is 2.19. The third-order valence-electron chi connectivity index (χ3n) is 4.31. The van der Waals surface area contributed by atoms with Crippen molar-refractivity contribution in [1.82, 2.24) is 14.6 Å². The highest BCUT2D eigenvalue weighted by Gasteiger charge is 2.20. The van der Waals surface area contributed by atoms with Gasteiger partial charge in [0.2, 0.25) is 5.91 Å². The molecule has 5 nitrogen and oxygen atoms in total. The van der Waals surface area contributed by atoms with Crippen molar-refractivity contribution in [3.8, 4) is 0 Å². The molecular weight excluding hydrogens is 308 g/mol. The molecule has 1 saturated heterocycles. The lowest BCUT2D eigenvalue weighted by Gasteiger charge is -2.35. The minimum Gasteiger partial charge on any atom is -0.356 e. The minimum absolute atomic E-state index is 0.0640. The zero-order valence-corrected chi connectivity index (χ0v) is 14.4. The molecule has 1 N–H and O–H groups in total. The number of fused-ring (bicyclic) bond motifs is 1. The number of rotatable bonds is 6. The number of nitrogens with one attached hydrogen (secondary N) is 1. The molecule has 1 aliphatic heterocycles. The fraction of sp³-hybridized carbons (Fsp3) is 0.529. The third kappa shape index (κ3) is 4.20. The maximum absolute atomic E-state index is 10.8. The number of carbonyl (C=O) groups excluding carboxylic acids is 1. The van der Waals surface area contributed by atoms with E-state index in [4.69, 9.17) is 0 Å². The molecule has 1 fully saturated rings. The molecule has 2 heterocycles. The average molecular weight is 332 g/mol. The summed E-state index contributed by atoms with van der Waals surface area (Å²) in [6, 6.07) is 8.47. The lowest BCUT2D eigenvalue weighted by Crippen LogP contribution is -2.46. The maximum atomic E-state index is 10.8. The van der Waals surface area contributed by atoms with Crippen LogP contribution in [0.4, 0.5) is 5.82 Å². The van der Waals surface area contributed by atoms with E-state index in [-0.39, 0.29) is 5.91 Å². The van der Waals surface area contributed by atoms with Gasteiger partial charge in [-0.2, -0.15) is 4.37 Å². The Labute approximate surface area is 141 Å². The summed E-state index contributed by atoms with van der Waals surface area (Å²) < 4.78 is 5.92. The van der Waals surface area contributed by atoms with E-state index in [1.807, 2.05) is 0 Å². The van der Waals surface area contributed by atoms with E-state index in [1.165, 1.54) is 10.1 Å². The molecule has 2 aromatic rings. The second-order valence-corrected chi connectivity index (χ2v) is 6.83. The van der Waals surface area contributed by atoms with Crippen LogP contribution >= 0.6 is 11.5 Å². The summed E-state index contributed by atoms with van der Waals surface area (Å²) in [5.74, 6) is 1.21. The number of hydrogen-bond acceptors (Lipinski definition) is 5. The van der Waals surface area contributed by atoms with Crippen LogP contribution in [0.5, 0.6) is 0 Å². The first-order chi connectivity index (χ1) is 11.2. The molecule has 1 aromatic carbocycles. The van der Waals surface area contributed by atoms with Crippen LogP contribution in [0, 0.1) is 0 Å². The van der Waals surface area contributed by atoms with E-state index in [1.54, 1.807) is 18.5 Å². The number of carbonyl (C=O) groups is 1. The zero-order valence-electron chi connectivity index (χ0n) is 13.6. The van der Waals surface area contributed by atoms with Crippen LogP contribution in [0.1, 0.15) is 19.8 Å². The molecule has 0 aliphatic carbocycles. The summed E-state index contributed by atoms with van der Waals surface area (Å²) in [7, 11) is 0. The van der Waals surface area contributed by atoms with E-state index in [2.05, 4.69) is 43.8 Å². The van der Waals surface area contributed by atoms with Gasteiger partial charge in [0.15, 0.2) is 0 Å². The summed E-state index contributed by atoms with van der Waals surface area (Å²) in [6.45, 7) is 7.74. The monoisotopic (exact) mass is 332 g/mol. The highest BCUT2D eigenvalue weighted by Crippen LogP contribution is 2.29. The van der Waals surface area contributed by atoms with Gasteiger partial charge in [0.25, 0.3) is 0 Å². The highest BCUT2D eigenvalue weighted by molar-refractivity contribution is 7.13. The molecule has 0 bridgehead atoms. The van der Waals surface area contributed by atoms with Crippen LogP contribution in [-0.4, -0.2) is 54.4 Å². The third-order valence-corrected chi connectivity index (χ3v) is 5.12. The van der Waals surface area contributed by atoms with E-state index in [0.29, 0.717) is 0 Å². The first-order valence-corrected chi connectivity index (χ1v) is 9.07. The number of hydrogen-bond donors (Lipinski definition) is 1. The van der Waals surface area contributed by atoms with Gasteiger partial charge in [-0.05, 0) is 43.1 Å². The fourth-order valence-corrected chi connectivity index (χ4v) is 3.80. The molecule has 23 heavy (non-hydrogen) atoms.